The molecule has 0 atom stereocenters. The maximum atomic E-state index is 13.1. The molecule has 1 rings (SSSR count). The summed E-state index contributed by atoms with van der Waals surface area (Å²) in [4.78, 5) is 10.0. The molecule has 0 aromatic heterocycles. The molecule has 0 spiro atoms. The zero-order valence-electron chi connectivity index (χ0n) is 10.2. The van der Waals surface area contributed by atoms with Crippen LogP contribution in [0.1, 0.15) is 25.0 Å². The van der Waals surface area contributed by atoms with Crippen LogP contribution in [0, 0.1) is 21.8 Å². The quantitative estimate of drug-likeness (QED) is 0.474. The number of hydrogen-bond donors (Lipinski definition) is 0. The molecule has 19 heavy (non-hydrogen) atoms. The Bertz CT molecular complexity index is 521. The van der Waals surface area contributed by atoms with Crippen LogP contribution < -0.4 is 0 Å². The maximum absolute atomic E-state index is 13.1. The predicted molar refractivity (Wildman–Crippen MR) is 61.2 cm³/mol. The van der Waals surface area contributed by atoms with E-state index in [1.165, 1.54) is 13.8 Å². The van der Waals surface area contributed by atoms with Crippen LogP contribution in [0.4, 0.5) is 17.6 Å². The smallest absolute Gasteiger partial charge is 0.259 e. The summed E-state index contributed by atoms with van der Waals surface area (Å²) in [6.07, 6.45) is -3.75. The molecule has 0 fully saturated rings. The zero-order valence-corrected chi connectivity index (χ0v) is 10.2. The number of nitro groups is 1. The number of halogens is 4. The van der Waals surface area contributed by atoms with Crippen molar-refractivity contribution in [2.45, 2.75) is 20.0 Å². The van der Waals surface area contributed by atoms with Crippen LogP contribution in [-0.4, -0.2) is 4.92 Å². The minimum Gasteiger partial charge on any atom is -0.259 e. The molecule has 104 valence electrons. The molecule has 0 N–H and O–H groups in total. The van der Waals surface area contributed by atoms with E-state index in [2.05, 4.69) is 0 Å². The lowest BCUT2D eigenvalue weighted by molar-refractivity contribution is -0.431. The van der Waals surface area contributed by atoms with Crippen LogP contribution >= 0.6 is 0 Å². The van der Waals surface area contributed by atoms with Crippen molar-refractivity contribution in [2.24, 2.45) is 5.92 Å². The fourth-order valence-electron chi connectivity index (χ4n) is 1.46. The molecule has 0 aliphatic rings. The maximum Gasteiger partial charge on any atom is 0.416 e. The van der Waals surface area contributed by atoms with Gasteiger partial charge in [-0.3, -0.25) is 10.1 Å². The van der Waals surface area contributed by atoms with Gasteiger partial charge in [-0.15, -0.1) is 0 Å². The minimum atomic E-state index is -4.70. The number of rotatable bonds is 3. The van der Waals surface area contributed by atoms with Gasteiger partial charge in [0.1, 0.15) is 5.82 Å². The van der Waals surface area contributed by atoms with Crippen molar-refractivity contribution in [1.82, 2.24) is 0 Å². The zero-order chi connectivity index (χ0) is 14.8. The molecule has 1 aromatic carbocycles. The van der Waals surface area contributed by atoms with Gasteiger partial charge in [0.25, 0.3) is 0 Å². The summed E-state index contributed by atoms with van der Waals surface area (Å²) in [5.74, 6) is -1.58. The summed E-state index contributed by atoms with van der Waals surface area (Å²) in [5.41, 5.74) is -1.64. The van der Waals surface area contributed by atoms with Crippen molar-refractivity contribution in [3.63, 3.8) is 0 Å². The summed E-state index contributed by atoms with van der Waals surface area (Å²) >= 11 is 0. The lowest BCUT2D eigenvalue weighted by atomic mass is 10.0. The molecule has 7 heteroatoms. The molecule has 0 aliphatic carbocycles. The number of hydrogen-bond acceptors (Lipinski definition) is 2. The molecule has 0 bridgehead atoms. The van der Waals surface area contributed by atoms with Crippen molar-refractivity contribution < 1.29 is 22.5 Å². The SMILES string of the molecule is CC(C)/C(=C/c1cc(F)cc(C(F)(F)F)c1)[N+](=O)[O-]. The molecular formula is C12H11F4NO2. The van der Waals surface area contributed by atoms with Crippen molar-refractivity contribution >= 4 is 6.08 Å². The summed E-state index contributed by atoms with van der Waals surface area (Å²) in [7, 11) is 0. The van der Waals surface area contributed by atoms with Crippen molar-refractivity contribution in [3.8, 4) is 0 Å². The van der Waals surface area contributed by atoms with Crippen molar-refractivity contribution in [3.05, 3.63) is 51.0 Å². The van der Waals surface area contributed by atoms with Gasteiger partial charge in [0.15, 0.2) is 0 Å². The van der Waals surface area contributed by atoms with Crippen LogP contribution in [-0.2, 0) is 6.18 Å². The van der Waals surface area contributed by atoms with Gasteiger partial charge < -0.3 is 0 Å². The summed E-state index contributed by atoms with van der Waals surface area (Å²) in [5, 5.41) is 10.7. The van der Waals surface area contributed by atoms with E-state index >= 15 is 0 Å². The van der Waals surface area contributed by atoms with Gasteiger partial charge >= 0.3 is 6.18 Å². The van der Waals surface area contributed by atoms with Crippen LogP contribution in [0.5, 0.6) is 0 Å². The standard InChI is InChI=1S/C12H11F4NO2/c1-7(2)11(17(18)19)5-8-3-9(12(14,15)16)6-10(13)4-8/h3-7H,1-2H3/b11-5-. The second kappa shape index (κ2) is 5.38. The Labute approximate surface area is 106 Å². The molecule has 0 heterocycles. The number of benzene rings is 1. The highest BCUT2D eigenvalue weighted by Gasteiger charge is 2.31. The highest BCUT2D eigenvalue weighted by molar-refractivity contribution is 5.53. The normalized spacial score (nSPS) is 12.9. The summed E-state index contributed by atoms with van der Waals surface area (Å²) in [6.45, 7) is 3.05. The fraction of sp³-hybridized carbons (Fsp3) is 0.333. The van der Waals surface area contributed by atoms with Gasteiger partial charge in [-0.2, -0.15) is 13.2 Å². The molecule has 3 nitrogen and oxygen atoms in total. The number of nitrogens with zero attached hydrogens (tertiary/aromatic N) is 1. The lowest BCUT2D eigenvalue weighted by Crippen LogP contribution is -2.07. The molecule has 0 saturated carbocycles. The van der Waals surface area contributed by atoms with Gasteiger partial charge in [0.2, 0.25) is 5.70 Å². The van der Waals surface area contributed by atoms with Crippen molar-refractivity contribution in [2.75, 3.05) is 0 Å². The molecule has 0 unspecified atom stereocenters. The Balaban J connectivity index is 3.32. The minimum absolute atomic E-state index is 0.187. The first-order valence-corrected chi connectivity index (χ1v) is 5.35. The Morgan fingerprint density at radius 1 is 1.32 bits per heavy atom. The lowest BCUT2D eigenvalue weighted by Gasteiger charge is -2.08. The topological polar surface area (TPSA) is 43.1 Å². The van der Waals surface area contributed by atoms with E-state index in [0.29, 0.717) is 12.1 Å². The van der Waals surface area contributed by atoms with E-state index in [1.807, 2.05) is 0 Å². The largest absolute Gasteiger partial charge is 0.416 e. The predicted octanol–water partition coefficient (Wildman–Crippen LogP) is 4.12. The first kappa shape index (κ1) is 15.1. The van der Waals surface area contributed by atoms with Crippen LogP contribution in [0.15, 0.2) is 23.9 Å². The van der Waals surface area contributed by atoms with E-state index < -0.39 is 28.4 Å². The number of alkyl halides is 3. The third kappa shape index (κ3) is 4.04. The summed E-state index contributed by atoms with van der Waals surface area (Å²) < 4.78 is 50.6. The van der Waals surface area contributed by atoms with Gasteiger partial charge in [0, 0.05) is 12.0 Å². The fourth-order valence-corrected chi connectivity index (χ4v) is 1.46. The second-order valence-electron chi connectivity index (χ2n) is 4.25. The molecule has 0 radical (unpaired) electrons. The molecule has 0 aliphatic heterocycles. The summed E-state index contributed by atoms with van der Waals surface area (Å²) in [6, 6.07) is 1.84. The Morgan fingerprint density at radius 2 is 1.89 bits per heavy atom. The molecular weight excluding hydrogens is 266 g/mol. The van der Waals surface area contributed by atoms with E-state index in [4.69, 9.17) is 0 Å². The van der Waals surface area contributed by atoms with Gasteiger partial charge in [-0.25, -0.2) is 4.39 Å². The van der Waals surface area contributed by atoms with Gasteiger partial charge in [-0.1, -0.05) is 13.8 Å². The van der Waals surface area contributed by atoms with E-state index in [0.717, 1.165) is 12.1 Å². The Hall–Kier alpha value is -1.92. The first-order chi connectivity index (χ1) is 8.61. The first-order valence-electron chi connectivity index (χ1n) is 5.35. The monoisotopic (exact) mass is 277 g/mol. The van der Waals surface area contributed by atoms with Crippen molar-refractivity contribution in [1.29, 1.82) is 0 Å². The average Bonchev–Trinajstić information content (AvgIpc) is 2.23. The van der Waals surface area contributed by atoms with E-state index in [9.17, 15) is 27.7 Å². The van der Waals surface area contributed by atoms with Crippen LogP contribution in [0.25, 0.3) is 6.08 Å². The Morgan fingerprint density at radius 3 is 2.32 bits per heavy atom. The van der Waals surface area contributed by atoms with E-state index in [-0.39, 0.29) is 11.3 Å². The van der Waals surface area contributed by atoms with Crippen LogP contribution in [0.3, 0.4) is 0 Å². The highest BCUT2D eigenvalue weighted by atomic mass is 19.4. The third-order valence-corrected chi connectivity index (χ3v) is 2.36. The molecule has 0 saturated heterocycles. The van der Waals surface area contributed by atoms with Gasteiger partial charge in [0.05, 0.1) is 10.5 Å². The second-order valence-corrected chi connectivity index (χ2v) is 4.25. The number of allylic oxidation sites excluding steroid dienone is 1. The van der Waals surface area contributed by atoms with Crippen LogP contribution in [0.2, 0.25) is 0 Å². The Kier molecular flexibility index (Phi) is 4.28. The van der Waals surface area contributed by atoms with E-state index in [1.54, 1.807) is 0 Å². The van der Waals surface area contributed by atoms with Gasteiger partial charge in [-0.05, 0) is 23.8 Å². The molecule has 1 aromatic rings. The molecule has 0 amide bonds. The highest BCUT2D eigenvalue weighted by Crippen LogP contribution is 2.31. The third-order valence-electron chi connectivity index (χ3n) is 2.36. The average molecular weight is 277 g/mol.